The molecule has 0 saturated carbocycles. The first-order valence-electron chi connectivity index (χ1n) is 5.78. The van der Waals surface area contributed by atoms with Crippen molar-refractivity contribution in [3.05, 3.63) is 11.9 Å². The van der Waals surface area contributed by atoms with Gasteiger partial charge in [0.1, 0.15) is 6.54 Å². The zero-order chi connectivity index (χ0) is 13.6. The molecule has 2 N–H and O–H groups in total. The average molecular weight is 274 g/mol. The van der Waals surface area contributed by atoms with Gasteiger partial charge in [0.25, 0.3) is 0 Å². The lowest BCUT2D eigenvalue weighted by atomic mass is 10.3. The van der Waals surface area contributed by atoms with Gasteiger partial charge in [0.15, 0.2) is 15.6 Å². The average Bonchev–Trinajstić information content (AvgIpc) is 2.74. The Labute approximate surface area is 106 Å². The van der Waals surface area contributed by atoms with Crippen molar-refractivity contribution < 1.29 is 13.2 Å². The molecule has 102 valence electrons. The highest BCUT2D eigenvalue weighted by atomic mass is 32.2. The summed E-state index contributed by atoms with van der Waals surface area (Å²) in [7, 11) is -3.10. The van der Waals surface area contributed by atoms with E-state index in [9.17, 15) is 13.2 Å². The van der Waals surface area contributed by atoms with Crippen molar-refractivity contribution in [2.24, 2.45) is 5.73 Å². The number of nitrogens with zero attached hydrogens (tertiary/aromatic N) is 3. The van der Waals surface area contributed by atoms with Crippen molar-refractivity contribution >= 4 is 15.6 Å². The first kappa shape index (κ1) is 14.8. The van der Waals surface area contributed by atoms with Gasteiger partial charge in [0.2, 0.25) is 0 Å². The van der Waals surface area contributed by atoms with E-state index in [1.165, 1.54) is 4.68 Å². The highest BCUT2D eigenvalue weighted by molar-refractivity contribution is 7.91. The Kier molecular flexibility index (Phi) is 5.42. The number of sulfone groups is 1. The van der Waals surface area contributed by atoms with Gasteiger partial charge in [-0.05, 0) is 6.42 Å². The molecule has 1 aromatic heterocycles. The van der Waals surface area contributed by atoms with Crippen LogP contribution < -0.4 is 5.73 Å². The zero-order valence-corrected chi connectivity index (χ0v) is 11.2. The standard InChI is InChI=1S/C10H18N4O3S/c1-2-4-18(16,17)5-3-10(15)8-14-7-9(6-11)12-13-14/h7H,2-6,8,11H2,1H3. The van der Waals surface area contributed by atoms with Gasteiger partial charge in [-0.2, -0.15) is 0 Å². The van der Waals surface area contributed by atoms with Gasteiger partial charge >= 0.3 is 0 Å². The predicted molar refractivity (Wildman–Crippen MR) is 66.5 cm³/mol. The first-order valence-corrected chi connectivity index (χ1v) is 7.60. The number of carbonyl (C=O) groups excluding carboxylic acids is 1. The number of hydrogen-bond acceptors (Lipinski definition) is 6. The lowest BCUT2D eigenvalue weighted by Crippen LogP contribution is -2.17. The molecule has 1 aromatic rings. The summed E-state index contributed by atoms with van der Waals surface area (Å²) in [4.78, 5) is 11.6. The van der Waals surface area contributed by atoms with Gasteiger partial charge < -0.3 is 5.73 Å². The normalized spacial score (nSPS) is 11.7. The number of rotatable bonds is 8. The van der Waals surface area contributed by atoms with Crippen molar-refractivity contribution in [1.29, 1.82) is 0 Å². The van der Waals surface area contributed by atoms with Crippen LogP contribution in [-0.2, 0) is 27.7 Å². The Bertz CT molecular complexity index is 495. The summed E-state index contributed by atoms with van der Waals surface area (Å²) in [5.74, 6) is -0.151. The fourth-order valence-corrected chi connectivity index (χ4v) is 2.82. The third-order valence-electron chi connectivity index (χ3n) is 2.34. The molecule has 1 heterocycles. The fourth-order valence-electron chi connectivity index (χ4n) is 1.45. The summed E-state index contributed by atoms with van der Waals surface area (Å²) in [6.45, 7) is 2.09. The number of carbonyl (C=O) groups is 1. The summed E-state index contributed by atoms with van der Waals surface area (Å²) in [5.41, 5.74) is 5.96. The topological polar surface area (TPSA) is 108 Å². The maximum Gasteiger partial charge on any atom is 0.155 e. The van der Waals surface area contributed by atoms with E-state index in [0.717, 1.165) is 0 Å². The van der Waals surface area contributed by atoms with Crippen LogP contribution in [0.4, 0.5) is 0 Å². The summed E-state index contributed by atoms with van der Waals surface area (Å²) in [6.07, 6.45) is 2.16. The summed E-state index contributed by atoms with van der Waals surface area (Å²) in [6, 6.07) is 0. The van der Waals surface area contributed by atoms with Gasteiger partial charge in [0, 0.05) is 18.7 Å². The summed E-state index contributed by atoms with van der Waals surface area (Å²) >= 11 is 0. The Morgan fingerprint density at radius 2 is 2.17 bits per heavy atom. The molecular weight excluding hydrogens is 256 g/mol. The highest BCUT2D eigenvalue weighted by Crippen LogP contribution is 1.99. The van der Waals surface area contributed by atoms with Crippen molar-refractivity contribution in [2.75, 3.05) is 11.5 Å². The van der Waals surface area contributed by atoms with Crippen molar-refractivity contribution in [3.8, 4) is 0 Å². The van der Waals surface area contributed by atoms with Crippen molar-refractivity contribution in [2.45, 2.75) is 32.9 Å². The molecule has 0 bridgehead atoms. The molecule has 0 radical (unpaired) electrons. The molecule has 0 aliphatic heterocycles. The molecule has 0 unspecified atom stereocenters. The van der Waals surface area contributed by atoms with Crippen LogP contribution in [0.15, 0.2) is 6.20 Å². The molecule has 8 heteroatoms. The van der Waals surface area contributed by atoms with E-state index in [1.54, 1.807) is 13.1 Å². The van der Waals surface area contributed by atoms with Gasteiger partial charge in [0.05, 0.1) is 17.6 Å². The number of hydrogen-bond donors (Lipinski definition) is 1. The molecule has 0 spiro atoms. The van der Waals surface area contributed by atoms with E-state index >= 15 is 0 Å². The summed E-state index contributed by atoms with van der Waals surface area (Å²) < 4.78 is 24.2. The quantitative estimate of drug-likeness (QED) is 0.686. The first-order chi connectivity index (χ1) is 8.46. The Hall–Kier alpha value is -1.28. The lowest BCUT2D eigenvalue weighted by molar-refractivity contribution is -0.119. The Morgan fingerprint density at radius 3 is 2.72 bits per heavy atom. The van der Waals surface area contributed by atoms with Crippen LogP contribution in [-0.4, -0.2) is 40.7 Å². The molecule has 1 rings (SSSR count). The van der Waals surface area contributed by atoms with E-state index in [-0.39, 0.29) is 36.8 Å². The minimum Gasteiger partial charge on any atom is -0.325 e. The summed E-state index contributed by atoms with van der Waals surface area (Å²) in [5, 5.41) is 7.47. The third-order valence-corrected chi connectivity index (χ3v) is 4.20. The smallest absolute Gasteiger partial charge is 0.155 e. The molecular formula is C10H18N4O3S. The van der Waals surface area contributed by atoms with Crippen LogP contribution in [0.3, 0.4) is 0 Å². The number of Topliss-reactive ketones (excluding diaryl/α,β-unsaturated/α-hetero) is 1. The monoisotopic (exact) mass is 274 g/mol. The van der Waals surface area contributed by atoms with Crippen LogP contribution in [0.25, 0.3) is 0 Å². The lowest BCUT2D eigenvalue weighted by Gasteiger charge is -2.02. The van der Waals surface area contributed by atoms with Gasteiger partial charge in [-0.15, -0.1) is 5.10 Å². The molecule has 0 aromatic carbocycles. The van der Waals surface area contributed by atoms with Crippen LogP contribution >= 0.6 is 0 Å². The van der Waals surface area contributed by atoms with Crippen LogP contribution in [0.2, 0.25) is 0 Å². The van der Waals surface area contributed by atoms with Crippen LogP contribution in [0.1, 0.15) is 25.5 Å². The Balaban J connectivity index is 2.42. The van der Waals surface area contributed by atoms with E-state index < -0.39 is 9.84 Å². The van der Waals surface area contributed by atoms with E-state index in [4.69, 9.17) is 5.73 Å². The molecule has 0 atom stereocenters. The van der Waals surface area contributed by atoms with Crippen molar-refractivity contribution in [1.82, 2.24) is 15.0 Å². The number of nitrogens with two attached hydrogens (primary N) is 1. The second-order valence-electron chi connectivity index (χ2n) is 4.05. The molecule has 0 aliphatic carbocycles. The largest absolute Gasteiger partial charge is 0.325 e. The molecule has 7 nitrogen and oxygen atoms in total. The zero-order valence-electron chi connectivity index (χ0n) is 10.4. The molecule has 18 heavy (non-hydrogen) atoms. The molecule has 0 amide bonds. The maximum absolute atomic E-state index is 11.6. The minimum absolute atomic E-state index is 0.0140. The van der Waals surface area contributed by atoms with Gasteiger partial charge in [-0.1, -0.05) is 12.1 Å². The SMILES string of the molecule is CCCS(=O)(=O)CCC(=O)Cn1cc(CN)nn1. The molecule has 0 fully saturated rings. The van der Waals surface area contributed by atoms with E-state index in [1.807, 2.05) is 0 Å². The van der Waals surface area contributed by atoms with E-state index in [0.29, 0.717) is 12.1 Å². The highest BCUT2D eigenvalue weighted by Gasteiger charge is 2.13. The molecule has 0 saturated heterocycles. The van der Waals surface area contributed by atoms with Crippen LogP contribution in [0, 0.1) is 0 Å². The minimum atomic E-state index is -3.10. The second-order valence-corrected chi connectivity index (χ2v) is 6.36. The van der Waals surface area contributed by atoms with Crippen LogP contribution in [0.5, 0.6) is 0 Å². The second kappa shape index (κ2) is 6.60. The van der Waals surface area contributed by atoms with Gasteiger partial charge in [-0.3, -0.25) is 4.79 Å². The van der Waals surface area contributed by atoms with Gasteiger partial charge in [-0.25, -0.2) is 13.1 Å². The number of aromatic nitrogens is 3. The molecule has 0 aliphatic rings. The van der Waals surface area contributed by atoms with E-state index in [2.05, 4.69) is 10.3 Å². The Morgan fingerprint density at radius 1 is 1.44 bits per heavy atom. The third kappa shape index (κ3) is 4.92. The fraction of sp³-hybridized carbons (Fsp3) is 0.700. The maximum atomic E-state index is 11.6. The predicted octanol–water partition coefficient (Wildman–Crippen LogP) is -0.479. The number of ketones is 1. The van der Waals surface area contributed by atoms with Crippen molar-refractivity contribution in [3.63, 3.8) is 0 Å².